The summed E-state index contributed by atoms with van der Waals surface area (Å²) in [6, 6.07) is 5.58. The summed E-state index contributed by atoms with van der Waals surface area (Å²) >= 11 is 5.56. The second kappa shape index (κ2) is 5.28. The molecule has 2 aromatic rings. The van der Waals surface area contributed by atoms with Crippen LogP contribution in [0.2, 0.25) is 5.15 Å². The number of hydrogen-bond acceptors (Lipinski definition) is 2. The molecule has 0 atom stereocenters. The molecule has 0 saturated heterocycles. The Kier molecular flexibility index (Phi) is 3.85. The van der Waals surface area contributed by atoms with Gasteiger partial charge >= 0.3 is 6.18 Å². The van der Waals surface area contributed by atoms with Crippen LogP contribution in [-0.2, 0) is 6.18 Å². The molecule has 0 saturated carbocycles. The van der Waals surface area contributed by atoms with Gasteiger partial charge in [-0.15, -0.1) is 0 Å². The van der Waals surface area contributed by atoms with Gasteiger partial charge in [-0.3, -0.25) is 0 Å². The second-order valence-electron chi connectivity index (χ2n) is 4.20. The van der Waals surface area contributed by atoms with E-state index in [1.54, 1.807) is 13.0 Å². The number of pyridine rings is 1. The summed E-state index contributed by atoms with van der Waals surface area (Å²) in [5.74, 6) is -0.597. The zero-order valence-electron chi connectivity index (χ0n) is 10.2. The van der Waals surface area contributed by atoms with Gasteiger partial charge < -0.3 is 5.32 Å². The molecule has 0 spiro atoms. The van der Waals surface area contributed by atoms with Gasteiger partial charge in [0, 0.05) is 5.69 Å². The molecule has 2 nitrogen and oxygen atoms in total. The molecule has 0 fully saturated rings. The van der Waals surface area contributed by atoms with E-state index in [1.807, 2.05) is 0 Å². The van der Waals surface area contributed by atoms with Crippen molar-refractivity contribution in [1.82, 2.24) is 4.98 Å². The van der Waals surface area contributed by atoms with E-state index in [1.165, 1.54) is 6.07 Å². The highest BCUT2D eigenvalue weighted by atomic mass is 35.5. The van der Waals surface area contributed by atoms with E-state index in [9.17, 15) is 17.6 Å². The smallest absolute Gasteiger partial charge is 0.340 e. The third-order valence-corrected chi connectivity index (χ3v) is 2.63. The molecule has 20 heavy (non-hydrogen) atoms. The van der Waals surface area contributed by atoms with Crippen molar-refractivity contribution in [3.63, 3.8) is 0 Å². The molecule has 1 aromatic carbocycles. The molecule has 0 aliphatic carbocycles. The van der Waals surface area contributed by atoms with Crippen LogP contribution in [0.5, 0.6) is 0 Å². The zero-order chi connectivity index (χ0) is 14.9. The number of nitrogens with zero attached hydrogens (tertiary/aromatic N) is 1. The quantitative estimate of drug-likeness (QED) is 0.627. The van der Waals surface area contributed by atoms with Gasteiger partial charge in [-0.25, -0.2) is 9.37 Å². The van der Waals surface area contributed by atoms with Gasteiger partial charge in [0.25, 0.3) is 0 Å². The van der Waals surface area contributed by atoms with Gasteiger partial charge in [0.2, 0.25) is 0 Å². The van der Waals surface area contributed by atoms with Crippen LogP contribution in [0.1, 0.15) is 11.1 Å². The molecule has 0 radical (unpaired) electrons. The Bertz CT molecular complexity index is 621. The molecule has 0 aliphatic heterocycles. The molecular formula is C13H9ClF4N2. The van der Waals surface area contributed by atoms with Crippen molar-refractivity contribution >= 4 is 23.1 Å². The maximum atomic E-state index is 13.2. The molecule has 0 bridgehead atoms. The van der Waals surface area contributed by atoms with Gasteiger partial charge in [-0.05, 0) is 42.8 Å². The number of aromatic nitrogens is 1. The molecule has 0 unspecified atom stereocenters. The van der Waals surface area contributed by atoms with Crippen LogP contribution in [0, 0.1) is 12.7 Å². The fraction of sp³-hybridized carbons (Fsp3) is 0.154. The lowest BCUT2D eigenvalue weighted by Crippen LogP contribution is -2.06. The number of benzene rings is 1. The summed E-state index contributed by atoms with van der Waals surface area (Å²) < 4.78 is 51.1. The van der Waals surface area contributed by atoms with Crippen molar-refractivity contribution in [2.75, 3.05) is 5.32 Å². The molecular weight excluding hydrogens is 296 g/mol. The van der Waals surface area contributed by atoms with E-state index >= 15 is 0 Å². The number of aryl methyl sites for hydroxylation is 1. The van der Waals surface area contributed by atoms with Crippen LogP contribution < -0.4 is 5.32 Å². The third-order valence-electron chi connectivity index (χ3n) is 2.44. The van der Waals surface area contributed by atoms with E-state index < -0.39 is 17.6 Å². The topological polar surface area (TPSA) is 24.9 Å². The van der Waals surface area contributed by atoms with Crippen molar-refractivity contribution in [3.8, 4) is 0 Å². The molecule has 1 aromatic heterocycles. The summed E-state index contributed by atoms with van der Waals surface area (Å²) in [6.45, 7) is 1.67. The predicted molar refractivity (Wildman–Crippen MR) is 68.7 cm³/mol. The van der Waals surface area contributed by atoms with Crippen molar-refractivity contribution in [2.24, 2.45) is 0 Å². The maximum absolute atomic E-state index is 13.2. The Labute approximate surface area is 117 Å². The Morgan fingerprint density at radius 2 is 1.80 bits per heavy atom. The van der Waals surface area contributed by atoms with E-state index in [0.29, 0.717) is 11.3 Å². The largest absolute Gasteiger partial charge is 0.416 e. The summed E-state index contributed by atoms with van der Waals surface area (Å²) in [4.78, 5) is 3.73. The summed E-state index contributed by atoms with van der Waals surface area (Å²) in [5, 5.41) is 2.31. The van der Waals surface area contributed by atoms with Gasteiger partial charge in [-0.2, -0.15) is 13.2 Å². The number of halogens is 5. The minimum absolute atomic E-state index is 0.102. The second-order valence-corrected chi connectivity index (χ2v) is 4.59. The molecule has 0 amide bonds. The van der Waals surface area contributed by atoms with Crippen LogP contribution in [0.15, 0.2) is 30.3 Å². The summed E-state index contributed by atoms with van der Waals surface area (Å²) in [6.07, 6.45) is -4.53. The minimum atomic E-state index is -4.53. The number of nitrogens with one attached hydrogen (secondary N) is 1. The average Bonchev–Trinajstić information content (AvgIpc) is 2.25. The zero-order valence-corrected chi connectivity index (χ0v) is 11.0. The fourth-order valence-corrected chi connectivity index (χ4v) is 1.89. The standard InChI is InChI=1S/C13H9ClF4N2/c1-7-2-9(15)6-10(3-7)19-12-5-8(13(16,17)18)4-11(14)20-12/h2-6H,1H3,(H,19,20). The molecule has 106 valence electrons. The molecule has 1 N–H and O–H groups in total. The SMILES string of the molecule is Cc1cc(F)cc(Nc2cc(C(F)(F)F)cc(Cl)n2)c1. The van der Waals surface area contributed by atoms with E-state index in [4.69, 9.17) is 11.6 Å². The monoisotopic (exact) mass is 304 g/mol. The normalized spacial score (nSPS) is 11.5. The van der Waals surface area contributed by atoms with Gasteiger partial charge in [0.05, 0.1) is 5.56 Å². The van der Waals surface area contributed by atoms with Crippen molar-refractivity contribution in [3.05, 3.63) is 52.4 Å². The molecule has 0 aliphatic rings. The lowest BCUT2D eigenvalue weighted by molar-refractivity contribution is -0.137. The third kappa shape index (κ3) is 3.60. The highest BCUT2D eigenvalue weighted by Crippen LogP contribution is 2.32. The lowest BCUT2D eigenvalue weighted by atomic mass is 10.2. The Hall–Kier alpha value is -1.82. The first kappa shape index (κ1) is 14.6. The van der Waals surface area contributed by atoms with Crippen molar-refractivity contribution < 1.29 is 17.6 Å². The first-order valence-electron chi connectivity index (χ1n) is 5.53. The van der Waals surface area contributed by atoms with Crippen LogP contribution in [0.3, 0.4) is 0 Å². The summed E-state index contributed by atoms with van der Waals surface area (Å²) in [5.41, 5.74) is 0.00379. The first-order chi connectivity index (χ1) is 9.24. The predicted octanol–water partition coefficient (Wildman–Crippen LogP) is 4.94. The first-order valence-corrected chi connectivity index (χ1v) is 5.91. The lowest BCUT2D eigenvalue weighted by Gasteiger charge is -2.11. The minimum Gasteiger partial charge on any atom is -0.340 e. The summed E-state index contributed by atoms with van der Waals surface area (Å²) in [7, 11) is 0. The molecule has 7 heteroatoms. The van der Waals surface area contributed by atoms with Gasteiger partial charge in [0.1, 0.15) is 16.8 Å². The van der Waals surface area contributed by atoms with Gasteiger partial charge in [-0.1, -0.05) is 11.6 Å². The number of rotatable bonds is 2. The number of alkyl halides is 3. The Balaban J connectivity index is 2.36. The average molecular weight is 305 g/mol. The highest BCUT2D eigenvalue weighted by molar-refractivity contribution is 6.29. The van der Waals surface area contributed by atoms with Crippen LogP contribution in [0.25, 0.3) is 0 Å². The van der Waals surface area contributed by atoms with E-state index in [2.05, 4.69) is 10.3 Å². The number of anilines is 2. The van der Waals surface area contributed by atoms with Crippen LogP contribution in [0.4, 0.5) is 29.1 Å². The molecule has 2 rings (SSSR count). The van der Waals surface area contributed by atoms with Crippen LogP contribution >= 0.6 is 11.6 Å². The number of hydrogen-bond donors (Lipinski definition) is 1. The Morgan fingerprint density at radius 1 is 1.10 bits per heavy atom. The highest BCUT2D eigenvalue weighted by Gasteiger charge is 2.31. The van der Waals surface area contributed by atoms with Crippen molar-refractivity contribution in [2.45, 2.75) is 13.1 Å². The van der Waals surface area contributed by atoms with Crippen LogP contribution in [-0.4, -0.2) is 4.98 Å². The molecule has 1 heterocycles. The Morgan fingerprint density at radius 3 is 2.40 bits per heavy atom. The maximum Gasteiger partial charge on any atom is 0.416 e. The fourth-order valence-electron chi connectivity index (χ4n) is 1.68. The van der Waals surface area contributed by atoms with E-state index in [-0.39, 0.29) is 11.0 Å². The van der Waals surface area contributed by atoms with Gasteiger partial charge in [0.15, 0.2) is 0 Å². The van der Waals surface area contributed by atoms with E-state index in [0.717, 1.165) is 18.2 Å². The van der Waals surface area contributed by atoms with Crippen molar-refractivity contribution in [1.29, 1.82) is 0 Å².